The molecule has 0 aliphatic rings. The topological polar surface area (TPSA) is 81.9 Å². The van der Waals surface area contributed by atoms with E-state index in [1.807, 2.05) is 20.8 Å². The van der Waals surface area contributed by atoms with Crippen molar-refractivity contribution in [2.75, 3.05) is 26.4 Å². The summed E-state index contributed by atoms with van der Waals surface area (Å²) in [5, 5.41) is 6.13. The molecule has 0 radical (unpaired) electrons. The molecule has 0 aromatic rings. The summed E-state index contributed by atoms with van der Waals surface area (Å²) >= 11 is 0. The van der Waals surface area contributed by atoms with Gasteiger partial charge in [-0.15, -0.1) is 0 Å². The maximum Gasteiger partial charge on any atom is 0.220 e. The Bertz CT molecular complexity index is 274. The number of amides is 1. The average molecular weight is 381 g/mol. The zero-order chi connectivity index (χ0) is 19.2. The van der Waals surface area contributed by atoms with Crippen molar-refractivity contribution in [3.8, 4) is 0 Å². The molecular weight excluding hydrogens is 328 g/mol. The molecule has 1 amide bonds. The first kappa shape index (κ1) is 30.1. The zero-order valence-electron chi connectivity index (χ0n) is 18.3. The molecule has 164 valence electrons. The van der Waals surface area contributed by atoms with E-state index in [0.29, 0.717) is 25.6 Å². The molecule has 5 heteroatoms. The Balaban J connectivity index is -0.000000340. The summed E-state index contributed by atoms with van der Waals surface area (Å²) in [5.41, 5.74) is 0. The Morgan fingerprint density at radius 1 is 0.923 bits per heavy atom. The number of carbonyl (C=O) groups is 1. The quantitative estimate of drug-likeness (QED) is 0.277. The van der Waals surface area contributed by atoms with Crippen LogP contribution in [-0.2, 0) is 9.53 Å². The average Bonchev–Trinajstić information content (AvgIpc) is 2.63. The molecule has 1 atom stereocenters. The van der Waals surface area contributed by atoms with Crippen LogP contribution in [-0.4, -0.2) is 37.8 Å². The number of ether oxygens (including phenoxy) is 1. The van der Waals surface area contributed by atoms with Gasteiger partial charge in [0.2, 0.25) is 5.91 Å². The molecule has 0 rings (SSSR count). The lowest BCUT2D eigenvalue weighted by atomic mass is 9.96. The van der Waals surface area contributed by atoms with Gasteiger partial charge in [-0.1, -0.05) is 73.1 Å². The Morgan fingerprint density at radius 2 is 1.58 bits per heavy atom. The van der Waals surface area contributed by atoms with Gasteiger partial charge in [-0.3, -0.25) is 10.1 Å². The lowest BCUT2D eigenvalue weighted by Gasteiger charge is -2.17. The van der Waals surface area contributed by atoms with Crippen molar-refractivity contribution in [3.05, 3.63) is 0 Å². The van der Waals surface area contributed by atoms with E-state index < -0.39 is 0 Å². The van der Waals surface area contributed by atoms with Crippen LogP contribution in [0, 0.1) is 5.92 Å². The van der Waals surface area contributed by atoms with Crippen LogP contribution < -0.4 is 10.6 Å². The van der Waals surface area contributed by atoms with Crippen LogP contribution in [0.5, 0.6) is 0 Å². The van der Waals surface area contributed by atoms with Gasteiger partial charge in [-0.2, -0.15) is 0 Å². The summed E-state index contributed by atoms with van der Waals surface area (Å²) in [5.74, 6) is 0.847. The first-order chi connectivity index (χ1) is 12.2. The predicted molar refractivity (Wildman–Crippen MR) is 118 cm³/mol. The summed E-state index contributed by atoms with van der Waals surface area (Å²) in [4.78, 5) is 11.3. The van der Waals surface area contributed by atoms with Crippen LogP contribution in [0.4, 0.5) is 0 Å². The molecule has 0 saturated heterocycles. The minimum atomic E-state index is 0. The molecule has 0 heterocycles. The number of hydrogen-bond donors (Lipinski definition) is 2. The molecule has 0 spiro atoms. The molecule has 0 aliphatic heterocycles. The number of carbonyl (C=O) groups excluding carboxylic acids is 1. The molecule has 0 aliphatic carbocycles. The summed E-state index contributed by atoms with van der Waals surface area (Å²) in [6, 6.07) is 0. The molecule has 0 bridgehead atoms. The molecule has 0 saturated carbocycles. The summed E-state index contributed by atoms with van der Waals surface area (Å²) in [6.07, 6.45) is 12.0. The van der Waals surface area contributed by atoms with Crippen molar-refractivity contribution in [2.24, 2.45) is 5.92 Å². The molecule has 1 unspecified atom stereocenters. The van der Waals surface area contributed by atoms with Crippen molar-refractivity contribution < 1.29 is 17.9 Å². The number of rotatable bonds is 17. The summed E-state index contributed by atoms with van der Waals surface area (Å²) in [7, 11) is 0. The SMILES string of the molecule is CC.CCCCCCC(CCCC)COCNCCNC(=O)CCC.O.[HH].[HH]. The van der Waals surface area contributed by atoms with Crippen LogP contribution >= 0.6 is 0 Å². The third kappa shape index (κ3) is 23.4. The lowest BCUT2D eigenvalue weighted by Crippen LogP contribution is -2.32. The normalized spacial score (nSPS) is 11.1. The summed E-state index contributed by atoms with van der Waals surface area (Å²) < 4.78 is 5.78. The van der Waals surface area contributed by atoms with Crippen LogP contribution in [0.15, 0.2) is 0 Å². The van der Waals surface area contributed by atoms with Gasteiger partial charge in [0.15, 0.2) is 0 Å². The van der Waals surface area contributed by atoms with Gasteiger partial charge >= 0.3 is 0 Å². The van der Waals surface area contributed by atoms with E-state index in [2.05, 4.69) is 24.5 Å². The Morgan fingerprint density at radius 3 is 2.19 bits per heavy atom. The smallest absolute Gasteiger partial charge is 0.220 e. The van der Waals surface area contributed by atoms with Gasteiger partial charge in [-0.05, 0) is 25.2 Å². The second kappa shape index (κ2) is 26.6. The van der Waals surface area contributed by atoms with Crippen LogP contribution in [0.2, 0.25) is 0 Å². The number of hydrogen-bond acceptors (Lipinski definition) is 3. The molecule has 0 aromatic heterocycles. The maximum absolute atomic E-state index is 11.3. The van der Waals surface area contributed by atoms with Crippen LogP contribution in [0.25, 0.3) is 0 Å². The second-order valence-electron chi connectivity index (χ2n) is 6.47. The van der Waals surface area contributed by atoms with Crippen molar-refractivity contribution in [1.82, 2.24) is 10.6 Å². The lowest BCUT2D eigenvalue weighted by molar-refractivity contribution is -0.121. The second-order valence-corrected chi connectivity index (χ2v) is 6.47. The van der Waals surface area contributed by atoms with E-state index in [-0.39, 0.29) is 14.2 Å². The van der Waals surface area contributed by atoms with Crippen LogP contribution in [0.3, 0.4) is 0 Å². The molecule has 5 nitrogen and oxygen atoms in total. The molecule has 0 aromatic carbocycles. The van der Waals surface area contributed by atoms with E-state index in [1.54, 1.807) is 0 Å². The van der Waals surface area contributed by atoms with E-state index >= 15 is 0 Å². The minimum Gasteiger partial charge on any atom is -0.412 e. The minimum absolute atomic E-state index is 0. The first-order valence-corrected chi connectivity index (χ1v) is 10.8. The van der Waals surface area contributed by atoms with E-state index in [4.69, 9.17) is 4.74 Å². The van der Waals surface area contributed by atoms with Gasteiger partial charge in [0.05, 0.1) is 13.3 Å². The number of unbranched alkanes of at least 4 members (excludes halogenated alkanes) is 4. The monoisotopic (exact) mass is 380 g/mol. The highest BCUT2D eigenvalue weighted by Crippen LogP contribution is 2.17. The van der Waals surface area contributed by atoms with Crippen molar-refractivity contribution in [2.45, 2.75) is 98.8 Å². The van der Waals surface area contributed by atoms with E-state index in [1.165, 1.54) is 51.4 Å². The zero-order valence-corrected chi connectivity index (χ0v) is 18.3. The van der Waals surface area contributed by atoms with Gasteiger partial charge < -0.3 is 15.5 Å². The van der Waals surface area contributed by atoms with Gasteiger partial charge in [-0.25, -0.2) is 0 Å². The van der Waals surface area contributed by atoms with Crippen molar-refractivity contribution in [3.63, 3.8) is 0 Å². The maximum atomic E-state index is 11.3. The predicted octanol–water partition coefficient (Wildman–Crippen LogP) is 4.94. The fraction of sp³-hybridized carbons (Fsp3) is 0.952. The van der Waals surface area contributed by atoms with Crippen LogP contribution in [0.1, 0.15) is 102 Å². The first-order valence-electron chi connectivity index (χ1n) is 10.8. The highest BCUT2D eigenvalue weighted by atomic mass is 16.5. The largest absolute Gasteiger partial charge is 0.412 e. The van der Waals surface area contributed by atoms with Gasteiger partial charge in [0.1, 0.15) is 0 Å². The molecule has 4 N–H and O–H groups in total. The molecule has 0 fully saturated rings. The van der Waals surface area contributed by atoms with E-state index in [0.717, 1.165) is 19.6 Å². The third-order valence-corrected chi connectivity index (χ3v) is 4.09. The summed E-state index contributed by atoms with van der Waals surface area (Å²) in [6.45, 7) is 13.4. The molecular formula is C21H52N2O3. The highest BCUT2D eigenvalue weighted by Gasteiger charge is 2.08. The van der Waals surface area contributed by atoms with Crippen molar-refractivity contribution >= 4 is 5.91 Å². The number of nitrogens with one attached hydrogen (secondary N) is 2. The van der Waals surface area contributed by atoms with Gasteiger partial charge in [0, 0.05) is 22.4 Å². The van der Waals surface area contributed by atoms with Gasteiger partial charge in [0.25, 0.3) is 0 Å². The van der Waals surface area contributed by atoms with Crippen molar-refractivity contribution in [1.29, 1.82) is 0 Å². The Labute approximate surface area is 166 Å². The Kier molecular flexibility index (Phi) is 30.8. The Hall–Kier alpha value is -0.650. The molecule has 26 heavy (non-hydrogen) atoms. The standard InChI is InChI=1S/C19H40N2O2.C2H6.H2O.2H2/c1-4-7-9-10-13-18(12-8-5-2)16-23-17-20-14-15-21-19(22)11-6-3;1-2;;;/h18,20H,4-17H2,1-3H3,(H,21,22);1-2H3;1H2;2*1H. The fourth-order valence-electron chi connectivity index (χ4n) is 2.64. The fourth-order valence-corrected chi connectivity index (χ4v) is 2.64. The third-order valence-electron chi connectivity index (χ3n) is 4.09. The highest BCUT2D eigenvalue weighted by molar-refractivity contribution is 5.75. The van der Waals surface area contributed by atoms with E-state index in [9.17, 15) is 4.79 Å².